The van der Waals surface area contributed by atoms with Crippen molar-refractivity contribution in [1.29, 1.82) is 0 Å². The van der Waals surface area contributed by atoms with Gasteiger partial charge < -0.3 is 19.6 Å². The van der Waals surface area contributed by atoms with Gasteiger partial charge in [0.1, 0.15) is 5.75 Å². The summed E-state index contributed by atoms with van der Waals surface area (Å²) in [4.78, 5) is 28.9. The van der Waals surface area contributed by atoms with E-state index in [-0.39, 0.29) is 24.1 Å². The van der Waals surface area contributed by atoms with Crippen molar-refractivity contribution < 1.29 is 9.53 Å². The third-order valence-corrected chi connectivity index (χ3v) is 7.66. The first-order valence-electron chi connectivity index (χ1n) is 12.6. The van der Waals surface area contributed by atoms with Gasteiger partial charge in [-0.05, 0) is 63.3 Å². The highest BCUT2D eigenvalue weighted by Crippen LogP contribution is 2.42. The quantitative estimate of drug-likeness (QED) is 0.377. The van der Waals surface area contributed by atoms with Crippen molar-refractivity contribution in [2.45, 2.75) is 58.5 Å². The molecule has 2 atom stereocenters. The van der Waals surface area contributed by atoms with Gasteiger partial charge in [-0.15, -0.1) is 0 Å². The Morgan fingerprint density at radius 3 is 2.72 bits per heavy atom. The Morgan fingerprint density at radius 2 is 1.92 bits per heavy atom. The second-order valence-corrected chi connectivity index (χ2v) is 9.80. The molecule has 0 fully saturated rings. The predicted octanol–water partition coefficient (Wildman–Crippen LogP) is 5.57. The van der Waals surface area contributed by atoms with Crippen LogP contribution in [0, 0.1) is 13.8 Å². The molecule has 0 aliphatic heterocycles. The molecule has 2 unspecified atom stereocenters. The molecule has 5 rings (SSSR count). The van der Waals surface area contributed by atoms with Gasteiger partial charge >= 0.3 is 0 Å². The van der Waals surface area contributed by atoms with E-state index >= 15 is 0 Å². The fourth-order valence-corrected chi connectivity index (χ4v) is 5.97. The minimum absolute atomic E-state index is 0.0854. The number of hydrogen-bond donors (Lipinski definition) is 2. The number of aromatic nitrogens is 2. The first kappa shape index (κ1) is 23.9. The third kappa shape index (κ3) is 4.11. The third-order valence-electron chi connectivity index (χ3n) is 7.66. The number of H-pyrrole nitrogens is 1. The number of carbonyl (C=O) groups is 1. The second kappa shape index (κ2) is 9.69. The monoisotopic (exact) mass is 483 g/mol. The van der Waals surface area contributed by atoms with E-state index in [0.717, 1.165) is 29.4 Å². The largest absolute Gasteiger partial charge is 0.496 e. The number of benzene rings is 2. The fraction of sp³-hybridized carbons (Fsp3) is 0.333. The molecule has 1 amide bonds. The van der Waals surface area contributed by atoms with Gasteiger partial charge in [-0.25, -0.2) is 0 Å². The Labute approximate surface area is 211 Å². The normalized spacial score (nSPS) is 15.9. The van der Waals surface area contributed by atoms with Crippen LogP contribution < -0.4 is 15.6 Å². The molecule has 0 spiro atoms. The molecule has 4 aromatic rings. The van der Waals surface area contributed by atoms with Crippen LogP contribution in [0.2, 0.25) is 0 Å². The maximum atomic E-state index is 13.6. The van der Waals surface area contributed by atoms with Gasteiger partial charge in [-0.2, -0.15) is 0 Å². The Bertz CT molecular complexity index is 1500. The van der Waals surface area contributed by atoms with E-state index in [2.05, 4.69) is 52.1 Å². The lowest BCUT2D eigenvalue weighted by molar-refractivity contribution is 0.0951. The van der Waals surface area contributed by atoms with Crippen LogP contribution in [0.5, 0.6) is 5.75 Å². The van der Waals surface area contributed by atoms with Gasteiger partial charge in [0.15, 0.2) is 0 Å². The highest BCUT2D eigenvalue weighted by atomic mass is 16.5. The summed E-state index contributed by atoms with van der Waals surface area (Å²) in [5.41, 5.74) is 6.37. The molecule has 2 aromatic heterocycles. The highest BCUT2D eigenvalue weighted by molar-refractivity contribution is 6.08. The van der Waals surface area contributed by atoms with Crippen molar-refractivity contribution in [1.82, 2.24) is 14.9 Å². The highest BCUT2D eigenvalue weighted by Gasteiger charge is 2.30. The van der Waals surface area contributed by atoms with Crippen LogP contribution in [0.25, 0.3) is 10.9 Å². The number of amides is 1. The number of nitrogens with zero attached hydrogens (tertiary/aromatic N) is 1. The summed E-state index contributed by atoms with van der Waals surface area (Å²) < 4.78 is 7.72. The number of fused-ring (bicyclic) bond motifs is 2. The molecule has 1 aliphatic rings. The van der Waals surface area contributed by atoms with E-state index in [9.17, 15) is 9.59 Å². The van der Waals surface area contributed by atoms with E-state index in [0.29, 0.717) is 28.5 Å². The topological polar surface area (TPSA) is 76.1 Å². The molecular weight excluding hydrogens is 450 g/mol. The lowest BCUT2D eigenvalue weighted by Crippen LogP contribution is -2.28. The first-order valence-corrected chi connectivity index (χ1v) is 12.6. The van der Waals surface area contributed by atoms with E-state index in [4.69, 9.17) is 4.74 Å². The van der Waals surface area contributed by atoms with Gasteiger partial charge in [-0.3, -0.25) is 9.59 Å². The summed E-state index contributed by atoms with van der Waals surface area (Å²) in [5.74, 6) is 0.664. The lowest BCUT2D eigenvalue weighted by Gasteiger charge is -2.32. The molecule has 2 aromatic carbocycles. The van der Waals surface area contributed by atoms with Gasteiger partial charge in [0.2, 0.25) is 0 Å². The summed E-state index contributed by atoms with van der Waals surface area (Å²) in [6, 6.07) is 18.8. The summed E-state index contributed by atoms with van der Waals surface area (Å²) in [5, 5.41) is 3.90. The van der Waals surface area contributed by atoms with Crippen LogP contribution in [-0.4, -0.2) is 22.6 Å². The zero-order valence-electron chi connectivity index (χ0n) is 21.4. The number of pyridine rings is 1. The minimum atomic E-state index is -0.254. The molecular formula is C30H33N3O3. The number of rotatable bonds is 6. The number of methoxy groups -OCH3 is 1. The zero-order chi connectivity index (χ0) is 25.4. The standard InChI is InChI=1S/C30H33N3O3/c1-18-16-27(36-4)25(29(34)32-18)17-31-30(35)28-20(3)33(26-15-8-7-13-24(26)28)19(2)22-14-9-11-21-10-5-6-12-23(21)22/h5-8,10,12-13,15-16,19,22H,9,11,14,17H2,1-4H3,(H,31,35)(H,32,34). The van der Waals surface area contributed by atoms with Gasteiger partial charge in [-0.1, -0.05) is 42.5 Å². The molecule has 36 heavy (non-hydrogen) atoms. The van der Waals surface area contributed by atoms with Crippen LogP contribution in [0.1, 0.15) is 70.2 Å². The van der Waals surface area contributed by atoms with Crippen molar-refractivity contribution in [3.05, 3.63) is 98.6 Å². The Kier molecular flexibility index (Phi) is 6.44. The molecule has 6 heteroatoms. The van der Waals surface area contributed by atoms with Gasteiger partial charge in [0, 0.05) is 34.3 Å². The summed E-state index contributed by atoms with van der Waals surface area (Å²) in [7, 11) is 1.53. The van der Waals surface area contributed by atoms with Crippen LogP contribution in [0.3, 0.4) is 0 Å². The number of ether oxygens (including phenoxy) is 1. The number of nitrogens with one attached hydrogen (secondary N) is 2. The van der Waals surface area contributed by atoms with Crippen LogP contribution in [0.15, 0.2) is 59.4 Å². The maximum Gasteiger partial charge on any atom is 0.256 e. The molecule has 0 saturated heterocycles. The smallest absolute Gasteiger partial charge is 0.256 e. The molecule has 2 heterocycles. The number of para-hydroxylation sites is 1. The summed E-state index contributed by atoms with van der Waals surface area (Å²) in [6.45, 7) is 6.18. The summed E-state index contributed by atoms with van der Waals surface area (Å²) >= 11 is 0. The fourth-order valence-electron chi connectivity index (χ4n) is 5.97. The minimum Gasteiger partial charge on any atom is -0.496 e. The van der Waals surface area contributed by atoms with Crippen LogP contribution in [-0.2, 0) is 13.0 Å². The number of hydrogen-bond acceptors (Lipinski definition) is 3. The maximum absolute atomic E-state index is 13.6. The molecule has 186 valence electrons. The predicted molar refractivity (Wildman–Crippen MR) is 143 cm³/mol. The van der Waals surface area contributed by atoms with Gasteiger partial charge in [0.25, 0.3) is 11.5 Å². The Hall–Kier alpha value is -3.80. The van der Waals surface area contributed by atoms with E-state index < -0.39 is 0 Å². The molecule has 2 N–H and O–H groups in total. The molecule has 1 aliphatic carbocycles. The van der Waals surface area contributed by atoms with Crippen LogP contribution >= 0.6 is 0 Å². The van der Waals surface area contributed by atoms with E-state index in [1.807, 2.05) is 25.1 Å². The molecule has 0 radical (unpaired) electrons. The van der Waals surface area contributed by atoms with Crippen molar-refractivity contribution in [3.63, 3.8) is 0 Å². The van der Waals surface area contributed by atoms with Crippen molar-refractivity contribution in [2.24, 2.45) is 0 Å². The van der Waals surface area contributed by atoms with E-state index in [1.165, 1.54) is 24.7 Å². The SMILES string of the molecule is COc1cc(C)[nH]c(=O)c1CNC(=O)c1c(C)n(C(C)C2CCCc3ccccc32)c2ccccc12. The zero-order valence-corrected chi connectivity index (χ0v) is 21.4. The van der Waals surface area contributed by atoms with Gasteiger partial charge in [0.05, 0.1) is 24.8 Å². The average molecular weight is 484 g/mol. The number of aryl methyl sites for hydroxylation is 2. The average Bonchev–Trinajstić information content (AvgIpc) is 3.18. The summed E-state index contributed by atoms with van der Waals surface area (Å²) in [6.07, 6.45) is 3.42. The van der Waals surface area contributed by atoms with Crippen molar-refractivity contribution in [2.75, 3.05) is 7.11 Å². The Morgan fingerprint density at radius 1 is 1.17 bits per heavy atom. The van der Waals surface area contributed by atoms with Crippen molar-refractivity contribution >= 4 is 16.8 Å². The lowest BCUT2D eigenvalue weighted by atomic mass is 9.79. The number of aromatic amines is 1. The van der Waals surface area contributed by atoms with Crippen molar-refractivity contribution in [3.8, 4) is 5.75 Å². The second-order valence-electron chi connectivity index (χ2n) is 9.80. The van der Waals surface area contributed by atoms with Crippen LogP contribution in [0.4, 0.5) is 0 Å². The Balaban J connectivity index is 1.51. The first-order chi connectivity index (χ1) is 17.4. The molecule has 0 saturated carbocycles. The molecule has 0 bridgehead atoms. The van der Waals surface area contributed by atoms with E-state index in [1.54, 1.807) is 13.0 Å². The molecule has 6 nitrogen and oxygen atoms in total. The number of carbonyl (C=O) groups excluding carboxylic acids is 1.